The molecule has 1 aromatic carbocycles. The summed E-state index contributed by atoms with van der Waals surface area (Å²) in [5.41, 5.74) is 1.93. The molecule has 0 unspecified atom stereocenters. The molecule has 0 saturated carbocycles. The fourth-order valence-electron chi connectivity index (χ4n) is 1.67. The van der Waals surface area contributed by atoms with Crippen LogP contribution in [0.4, 0.5) is 0 Å². The summed E-state index contributed by atoms with van der Waals surface area (Å²) in [6, 6.07) is 10.2. The minimum atomic E-state index is -3.75. The highest BCUT2D eigenvalue weighted by Crippen LogP contribution is 2.25. The third kappa shape index (κ3) is 2.82. The lowest BCUT2D eigenvalue weighted by molar-refractivity contribution is 0.603. The zero-order valence-corrected chi connectivity index (χ0v) is 12.8. The lowest BCUT2D eigenvalue weighted by Crippen LogP contribution is -2.03. The monoisotopic (exact) mass is 303 g/mol. The van der Waals surface area contributed by atoms with E-state index >= 15 is 0 Å². The van der Waals surface area contributed by atoms with E-state index in [9.17, 15) is 13.7 Å². The standard InChI is InChI=1S/C15H13NO2S2/c1-11-3-5-13(6-4-11)20(17,18)14(10-16)9-15-12(2)7-8-19-15/h3-9H,1-2H3/b14-9+. The molecule has 20 heavy (non-hydrogen) atoms. The van der Waals surface area contributed by atoms with Crippen LogP contribution in [-0.2, 0) is 9.84 Å². The van der Waals surface area contributed by atoms with Crippen LogP contribution in [0.3, 0.4) is 0 Å². The Balaban J connectivity index is 2.52. The molecule has 0 spiro atoms. The topological polar surface area (TPSA) is 57.9 Å². The molecule has 0 fully saturated rings. The van der Waals surface area contributed by atoms with Crippen LogP contribution in [0, 0.1) is 25.2 Å². The van der Waals surface area contributed by atoms with Crippen LogP contribution in [0.25, 0.3) is 6.08 Å². The fraction of sp³-hybridized carbons (Fsp3) is 0.133. The molecule has 0 amide bonds. The summed E-state index contributed by atoms with van der Waals surface area (Å²) < 4.78 is 24.9. The van der Waals surface area contributed by atoms with Gasteiger partial charge in [0.15, 0.2) is 4.91 Å². The van der Waals surface area contributed by atoms with Gasteiger partial charge in [-0.05, 0) is 49.1 Å². The zero-order chi connectivity index (χ0) is 14.8. The molecule has 0 N–H and O–H groups in total. The molecule has 0 aliphatic carbocycles. The summed E-state index contributed by atoms with van der Waals surface area (Å²) in [7, 11) is -3.75. The molecule has 0 aliphatic heterocycles. The molecule has 102 valence electrons. The molecule has 2 aromatic rings. The van der Waals surface area contributed by atoms with Crippen molar-refractivity contribution in [2.45, 2.75) is 18.7 Å². The van der Waals surface area contributed by atoms with Crippen LogP contribution in [0.2, 0.25) is 0 Å². The van der Waals surface area contributed by atoms with Crippen LogP contribution in [-0.4, -0.2) is 8.42 Å². The van der Waals surface area contributed by atoms with Crippen LogP contribution in [0.1, 0.15) is 16.0 Å². The van der Waals surface area contributed by atoms with E-state index in [1.165, 1.54) is 29.5 Å². The number of hydrogen-bond donors (Lipinski definition) is 0. The maximum atomic E-state index is 12.4. The van der Waals surface area contributed by atoms with Gasteiger partial charge in [-0.15, -0.1) is 11.3 Å². The number of sulfone groups is 1. The molecule has 1 heterocycles. The second kappa shape index (κ2) is 5.61. The van der Waals surface area contributed by atoms with Crippen LogP contribution in [0.15, 0.2) is 45.5 Å². The van der Waals surface area contributed by atoms with Gasteiger partial charge in [-0.1, -0.05) is 17.7 Å². The first-order chi connectivity index (χ1) is 9.45. The van der Waals surface area contributed by atoms with Gasteiger partial charge in [0.1, 0.15) is 6.07 Å². The van der Waals surface area contributed by atoms with E-state index in [0.717, 1.165) is 16.0 Å². The molecule has 0 atom stereocenters. The Kier molecular flexibility index (Phi) is 4.07. The number of nitriles is 1. The summed E-state index contributed by atoms with van der Waals surface area (Å²) in [6.07, 6.45) is 1.44. The van der Waals surface area contributed by atoms with E-state index in [1.807, 2.05) is 25.3 Å². The first-order valence-electron chi connectivity index (χ1n) is 5.93. The van der Waals surface area contributed by atoms with Crippen molar-refractivity contribution in [2.24, 2.45) is 0 Å². The van der Waals surface area contributed by atoms with Gasteiger partial charge < -0.3 is 0 Å². The third-order valence-corrected chi connectivity index (χ3v) is 5.54. The molecule has 0 saturated heterocycles. The Morgan fingerprint density at radius 1 is 1.20 bits per heavy atom. The van der Waals surface area contributed by atoms with E-state index in [1.54, 1.807) is 18.2 Å². The summed E-state index contributed by atoms with van der Waals surface area (Å²) in [4.78, 5) is 0.703. The van der Waals surface area contributed by atoms with Gasteiger partial charge >= 0.3 is 0 Å². The maximum absolute atomic E-state index is 12.4. The average Bonchev–Trinajstić information content (AvgIpc) is 2.81. The summed E-state index contributed by atoms with van der Waals surface area (Å²) in [6.45, 7) is 3.77. The number of thiophene rings is 1. The van der Waals surface area contributed by atoms with Gasteiger partial charge in [-0.3, -0.25) is 0 Å². The van der Waals surface area contributed by atoms with E-state index in [0.29, 0.717) is 0 Å². The number of nitrogens with zero attached hydrogens (tertiary/aromatic N) is 1. The van der Waals surface area contributed by atoms with Crippen LogP contribution < -0.4 is 0 Å². The Labute approximate surface area is 122 Å². The highest BCUT2D eigenvalue weighted by atomic mass is 32.2. The molecule has 1 aromatic heterocycles. The predicted molar refractivity (Wildman–Crippen MR) is 81.0 cm³/mol. The molecule has 0 aliphatic rings. The van der Waals surface area contributed by atoms with Crippen molar-refractivity contribution in [2.75, 3.05) is 0 Å². The largest absolute Gasteiger partial charge is 0.218 e. The normalized spacial score (nSPS) is 12.2. The summed E-state index contributed by atoms with van der Waals surface area (Å²) in [5.74, 6) is 0. The molecule has 5 heteroatoms. The third-order valence-electron chi connectivity index (χ3n) is 2.89. The number of benzene rings is 1. The minimum Gasteiger partial charge on any atom is -0.218 e. The molecular formula is C15H13NO2S2. The molecule has 0 bridgehead atoms. The van der Waals surface area contributed by atoms with Gasteiger partial charge in [0.25, 0.3) is 0 Å². The van der Waals surface area contributed by atoms with Gasteiger partial charge in [0.2, 0.25) is 9.84 Å². The van der Waals surface area contributed by atoms with Gasteiger partial charge in [-0.25, -0.2) is 8.42 Å². The van der Waals surface area contributed by atoms with E-state index in [2.05, 4.69) is 0 Å². The maximum Gasteiger partial charge on any atom is 0.216 e. The van der Waals surface area contributed by atoms with Crippen molar-refractivity contribution < 1.29 is 8.42 Å². The first-order valence-corrected chi connectivity index (χ1v) is 8.29. The van der Waals surface area contributed by atoms with Gasteiger partial charge in [0.05, 0.1) is 4.90 Å². The first kappa shape index (κ1) is 14.5. The van der Waals surface area contributed by atoms with Gasteiger partial charge in [0, 0.05) is 4.88 Å². The number of aryl methyl sites for hydroxylation is 2. The second-order valence-electron chi connectivity index (χ2n) is 4.40. The van der Waals surface area contributed by atoms with E-state index < -0.39 is 9.84 Å². The number of rotatable bonds is 3. The lowest BCUT2D eigenvalue weighted by atomic mass is 10.2. The van der Waals surface area contributed by atoms with Crippen LogP contribution >= 0.6 is 11.3 Å². The van der Waals surface area contributed by atoms with E-state index in [-0.39, 0.29) is 9.80 Å². The van der Waals surface area contributed by atoms with Crippen molar-refractivity contribution in [1.82, 2.24) is 0 Å². The molecule has 3 nitrogen and oxygen atoms in total. The molecule has 2 rings (SSSR count). The van der Waals surface area contributed by atoms with E-state index in [4.69, 9.17) is 0 Å². The Morgan fingerprint density at radius 3 is 2.35 bits per heavy atom. The molecule has 0 radical (unpaired) electrons. The van der Waals surface area contributed by atoms with Crippen molar-refractivity contribution >= 4 is 27.3 Å². The van der Waals surface area contributed by atoms with Crippen molar-refractivity contribution in [3.63, 3.8) is 0 Å². The highest BCUT2D eigenvalue weighted by Gasteiger charge is 2.21. The van der Waals surface area contributed by atoms with Crippen molar-refractivity contribution in [3.05, 3.63) is 56.6 Å². The summed E-state index contributed by atoms with van der Waals surface area (Å²) >= 11 is 1.42. The van der Waals surface area contributed by atoms with Crippen molar-refractivity contribution in [3.8, 4) is 6.07 Å². The Hall–Kier alpha value is -1.90. The smallest absolute Gasteiger partial charge is 0.216 e. The van der Waals surface area contributed by atoms with Crippen molar-refractivity contribution in [1.29, 1.82) is 5.26 Å². The quantitative estimate of drug-likeness (QED) is 0.812. The number of allylic oxidation sites excluding steroid dienone is 1. The average molecular weight is 303 g/mol. The SMILES string of the molecule is Cc1ccc(S(=O)(=O)/C(C#N)=C/c2sccc2C)cc1. The Morgan fingerprint density at radius 2 is 1.85 bits per heavy atom. The second-order valence-corrected chi connectivity index (χ2v) is 7.27. The van der Waals surface area contributed by atoms with Crippen LogP contribution in [0.5, 0.6) is 0 Å². The fourth-order valence-corrected chi connectivity index (χ4v) is 3.74. The number of hydrogen-bond acceptors (Lipinski definition) is 4. The summed E-state index contributed by atoms with van der Waals surface area (Å²) in [5, 5.41) is 11.0. The lowest BCUT2D eigenvalue weighted by Gasteiger charge is -2.03. The zero-order valence-electron chi connectivity index (χ0n) is 11.1. The highest BCUT2D eigenvalue weighted by molar-refractivity contribution is 7.95. The predicted octanol–water partition coefficient (Wildman–Crippen LogP) is 3.70. The minimum absolute atomic E-state index is 0.144. The molecular weight excluding hydrogens is 290 g/mol. The van der Waals surface area contributed by atoms with Gasteiger partial charge in [-0.2, -0.15) is 5.26 Å². The Bertz CT molecular complexity index is 791.